The van der Waals surface area contributed by atoms with Crippen molar-refractivity contribution < 1.29 is 9.90 Å². The van der Waals surface area contributed by atoms with Crippen LogP contribution in [0.3, 0.4) is 0 Å². The van der Waals surface area contributed by atoms with E-state index in [4.69, 9.17) is 5.11 Å². The number of aromatic carboxylic acids is 1. The van der Waals surface area contributed by atoms with Gasteiger partial charge >= 0.3 is 5.97 Å². The van der Waals surface area contributed by atoms with Crippen molar-refractivity contribution in [2.75, 3.05) is 0 Å². The van der Waals surface area contributed by atoms with Crippen molar-refractivity contribution in [2.24, 2.45) is 7.05 Å². The highest BCUT2D eigenvalue weighted by atomic mass is 79.9. The van der Waals surface area contributed by atoms with Crippen LogP contribution in [-0.4, -0.2) is 20.6 Å². The van der Waals surface area contributed by atoms with Crippen molar-refractivity contribution in [3.05, 3.63) is 27.4 Å². The second-order valence-corrected chi connectivity index (χ2v) is 5.79. The van der Waals surface area contributed by atoms with Crippen molar-refractivity contribution in [3.8, 4) is 10.6 Å². The van der Waals surface area contributed by atoms with Crippen LogP contribution in [0.2, 0.25) is 0 Å². The lowest BCUT2D eigenvalue weighted by molar-refractivity contribution is 0.0687. The molecule has 0 saturated heterocycles. The van der Waals surface area contributed by atoms with Crippen LogP contribution in [0, 0.1) is 6.92 Å². The van der Waals surface area contributed by atoms with Gasteiger partial charge in [0.25, 0.3) is 0 Å². The number of nitrogens with zero attached hydrogens (tertiary/aromatic N) is 2. The number of hydrogen-bond acceptors (Lipinski definition) is 3. The summed E-state index contributed by atoms with van der Waals surface area (Å²) in [6, 6.07) is 3.75. The number of carboxylic acids is 1. The number of rotatable bonds is 2. The quantitative estimate of drug-likeness (QED) is 0.928. The minimum absolute atomic E-state index is 0.229. The largest absolute Gasteiger partial charge is 0.477 e. The van der Waals surface area contributed by atoms with Gasteiger partial charge in [-0.05, 0) is 35.0 Å². The highest BCUT2D eigenvalue weighted by Gasteiger charge is 2.20. The minimum atomic E-state index is -0.956. The number of halogens is 1. The Morgan fingerprint density at radius 2 is 2.25 bits per heavy atom. The van der Waals surface area contributed by atoms with E-state index in [9.17, 15) is 4.79 Å². The first kappa shape index (κ1) is 11.3. The molecule has 0 atom stereocenters. The Balaban J connectivity index is 2.65. The van der Waals surface area contributed by atoms with E-state index < -0.39 is 5.97 Å². The Morgan fingerprint density at radius 1 is 1.56 bits per heavy atom. The lowest BCUT2D eigenvalue weighted by atomic mass is 10.3. The first-order valence-electron chi connectivity index (χ1n) is 4.53. The molecule has 0 aliphatic carbocycles. The van der Waals surface area contributed by atoms with E-state index in [1.54, 1.807) is 18.5 Å². The maximum Gasteiger partial charge on any atom is 0.354 e. The van der Waals surface area contributed by atoms with Crippen LogP contribution < -0.4 is 0 Å². The molecule has 0 radical (unpaired) electrons. The van der Waals surface area contributed by atoms with Gasteiger partial charge in [0.05, 0.1) is 8.66 Å². The Labute approximate surface area is 105 Å². The monoisotopic (exact) mass is 300 g/mol. The average molecular weight is 301 g/mol. The summed E-state index contributed by atoms with van der Waals surface area (Å²) >= 11 is 4.82. The standard InChI is InChI=1S/C10H9BrN2O2S/c1-5-12-8(6-3-4-7(11)16-6)9(10(14)15)13(5)2/h3-4H,1-2H3,(H,14,15). The topological polar surface area (TPSA) is 55.1 Å². The van der Waals surface area contributed by atoms with Gasteiger partial charge < -0.3 is 9.67 Å². The summed E-state index contributed by atoms with van der Waals surface area (Å²) in [6.45, 7) is 1.79. The smallest absolute Gasteiger partial charge is 0.354 e. The molecule has 1 N–H and O–H groups in total. The van der Waals surface area contributed by atoms with Crippen LogP contribution >= 0.6 is 27.3 Å². The number of carbonyl (C=O) groups is 1. The van der Waals surface area contributed by atoms with Gasteiger partial charge in [-0.25, -0.2) is 9.78 Å². The summed E-state index contributed by atoms with van der Waals surface area (Å²) < 4.78 is 2.55. The van der Waals surface area contributed by atoms with Gasteiger partial charge in [-0.1, -0.05) is 0 Å². The molecule has 2 aromatic heterocycles. The highest BCUT2D eigenvalue weighted by Crippen LogP contribution is 2.32. The van der Waals surface area contributed by atoms with Crippen molar-refractivity contribution >= 4 is 33.2 Å². The van der Waals surface area contributed by atoms with E-state index in [-0.39, 0.29) is 5.69 Å². The van der Waals surface area contributed by atoms with Gasteiger partial charge in [0.2, 0.25) is 0 Å². The van der Waals surface area contributed by atoms with Gasteiger partial charge in [0.15, 0.2) is 5.69 Å². The predicted molar refractivity (Wildman–Crippen MR) is 65.9 cm³/mol. The third-order valence-corrected chi connectivity index (χ3v) is 3.96. The van der Waals surface area contributed by atoms with Crippen LogP contribution in [0.1, 0.15) is 16.3 Å². The molecule has 0 bridgehead atoms. The molecule has 84 valence electrons. The van der Waals surface area contributed by atoms with Gasteiger partial charge in [0, 0.05) is 7.05 Å². The van der Waals surface area contributed by atoms with Crippen LogP contribution in [0.5, 0.6) is 0 Å². The molecule has 2 heterocycles. The van der Waals surface area contributed by atoms with Crippen LogP contribution in [-0.2, 0) is 7.05 Å². The molecular weight excluding hydrogens is 292 g/mol. The lowest BCUT2D eigenvalue weighted by Gasteiger charge is -1.99. The normalized spacial score (nSPS) is 10.7. The van der Waals surface area contributed by atoms with Gasteiger partial charge in [0.1, 0.15) is 11.5 Å². The first-order valence-corrected chi connectivity index (χ1v) is 6.14. The molecule has 0 aromatic carbocycles. The minimum Gasteiger partial charge on any atom is -0.477 e. The molecule has 0 fully saturated rings. The third-order valence-electron chi connectivity index (χ3n) is 2.33. The van der Waals surface area contributed by atoms with Gasteiger partial charge in [-0.3, -0.25) is 0 Å². The SMILES string of the molecule is Cc1nc(-c2ccc(Br)s2)c(C(=O)O)n1C. The van der Waals surface area contributed by atoms with E-state index in [1.165, 1.54) is 11.3 Å². The molecule has 0 saturated carbocycles. The predicted octanol–water partition coefficient (Wildman–Crippen LogP) is 2.92. The summed E-state index contributed by atoms with van der Waals surface area (Å²) in [7, 11) is 1.71. The fourth-order valence-corrected chi connectivity index (χ4v) is 2.85. The molecule has 0 amide bonds. The Hall–Kier alpha value is -1.14. The number of imidazole rings is 1. The second-order valence-electron chi connectivity index (χ2n) is 3.32. The highest BCUT2D eigenvalue weighted by molar-refractivity contribution is 9.11. The molecule has 0 aliphatic heterocycles. The van der Waals surface area contributed by atoms with Crippen molar-refractivity contribution in [1.82, 2.24) is 9.55 Å². The molecule has 16 heavy (non-hydrogen) atoms. The molecule has 0 spiro atoms. The fourth-order valence-electron chi connectivity index (χ4n) is 1.47. The van der Waals surface area contributed by atoms with E-state index in [0.717, 1.165) is 8.66 Å². The summed E-state index contributed by atoms with van der Waals surface area (Å²) in [4.78, 5) is 16.3. The summed E-state index contributed by atoms with van der Waals surface area (Å²) in [5, 5.41) is 9.16. The van der Waals surface area contributed by atoms with Crippen LogP contribution in [0.25, 0.3) is 10.6 Å². The molecule has 6 heteroatoms. The van der Waals surface area contributed by atoms with E-state index in [1.807, 2.05) is 12.1 Å². The molecule has 0 unspecified atom stereocenters. The van der Waals surface area contributed by atoms with E-state index >= 15 is 0 Å². The lowest BCUT2D eigenvalue weighted by Crippen LogP contribution is -2.06. The van der Waals surface area contributed by atoms with Crippen LogP contribution in [0.4, 0.5) is 0 Å². The number of hydrogen-bond donors (Lipinski definition) is 1. The molecule has 0 aliphatic rings. The van der Waals surface area contributed by atoms with Gasteiger partial charge in [-0.15, -0.1) is 11.3 Å². The second kappa shape index (κ2) is 4.03. The molecular formula is C10H9BrN2O2S. The van der Waals surface area contributed by atoms with E-state index in [2.05, 4.69) is 20.9 Å². The zero-order valence-corrected chi connectivity index (χ0v) is 11.1. The van der Waals surface area contributed by atoms with Crippen molar-refractivity contribution in [3.63, 3.8) is 0 Å². The summed E-state index contributed by atoms with van der Waals surface area (Å²) in [5.41, 5.74) is 0.759. The Kier molecular flexibility index (Phi) is 2.86. The third kappa shape index (κ3) is 1.78. The van der Waals surface area contributed by atoms with Gasteiger partial charge in [-0.2, -0.15) is 0 Å². The molecule has 2 aromatic rings. The summed E-state index contributed by atoms with van der Waals surface area (Å²) in [5.74, 6) is -0.264. The number of thiophene rings is 1. The fraction of sp³-hybridized carbons (Fsp3) is 0.200. The number of aromatic nitrogens is 2. The van der Waals surface area contributed by atoms with Crippen molar-refractivity contribution in [2.45, 2.75) is 6.92 Å². The zero-order chi connectivity index (χ0) is 11.9. The maximum absolute atomic E-state index is 11.2. The van der Waals surface area contributed by atoms with Crippen molar-refractivity contribution in [1.29, 1.82) is 0 Å². The average Bonchev–Trinajstić information content (AvgIpc) is 2.73. The first-order chi connectivity index (χ1) is 7.50. The molecule has 4 nitrogen and oxygen atoms in total. The van der Waals surface area contributed by atoms with Crippen LogP contribution in [0.15, 0.2) is 15.9 Å². The van der Waals surface area contributed by atoms with E-state index in [0.29, 0.717) is 11.5 Å². The Morgan fingerprint density at radius 3 is 2.75 bits per heavy atom. The molecule has 2 rings (SSSR count). The zero-order valence-electron chi connectivity index (χ0n) is 8.69. The number of carboxylic acid groups (broad SMARTS) is 1. The Bertz CT molecular complexity index is 559. The summed E-state index contributed by atoms with van der Waals surface area (Å²) in [6.07, 6.45) is 0. The maximum atomic E-state index is 11.2. The number of aryl methyl sites for hydroxylation is 1.